The SMILES string of the molecule is N#Cc1ccc(N2C(=O)C(c3ccccc3)=C(N3CCN(c4ccccn4)CC3)C2=O)cc1. The van der Waals surface area contributed by atoms with E-state index in [4.69, 9.17) is 5.26 Å². The van der Waals surface area contributed by atoms with Gasteiger partial charge in [0, 0.05) is 32.4 Å². The van der Waals surface area contributed by atoms with E-state index in [1.54, 1.807) is 30.5 Å². The first-order valence-corrected chi connectivity index (χ1v) is 10.8. The molecule has 7 heteroatoms. The van der Waals surface area contributed by atoms with Crippen LogP contribution in [0.2, 0.25) is 0 Å². The van der Waals surface area contributed by atoms with Crippen LogP contribution < -0.4 is 9.80 Å². The molecule has 0 spiro atoms. The fourth-order valence-electron chi connectivity index (χ4n) is 4.30. The van der Waals surface area contributed by atoms with E-state index in [9.17, 15) is 9.59 Å². The molecule has 162 valence electrons. The summed E-state index contributed by atoms with van der Waals surface area (Å²) in [5.74, 6) is 0.218. The molecule has 7 nitrogen and oxygen atoms in total. The van der Waals surface area contributed by atoms with Gasteiger partial charge in [0.05, 0.1) is 22.9 Å². The molecule has 2 amide bonds. The first-order chi connectivity index (χ1) is 16.2. The van der Waals surface area contributed by atoms with Crippen molar-refractivity contribution in [2.45, 2.75) is 0 Å². The highest BCUT2D eigenvalue weighted by atomic mass is 16.2. The molecule has 0 saturated carbocycles. The smallest absolute Gasteiger partial charge is 0.282 e. The van der Waals surface area contributed by atoms with Crippen LogP contribution in [0.15, 0.2) is 84.7 Å². The van der Waals surface area contributed by atoms with Crippen molar-refractivity contribution in [2.24, 2.45) is 0 Å². The number of carbonyl (C=O) groups excluding carboxylic acids is 2. The van der Waals surface area contributed by atoms with Crippen LogP contribution in [0.1, 0.15) is 11.1 Å². The molecule has 2 aromatic carbocycles. The van der Waals surface area contributed by atoms with Crippen molar-refractivity contribution < 1.29 is 9.59 Å². The second-order valence-electron chi connectivity index (χ2n) is 7.86. The second kappa shape index (κ2) is 8.60. The molecule has 1 aromatic heterocycles. The number of amides is 2. The molecule has 2 aliphatic rings. The monoisotopic (exact) mass is 435 g/mol. The molecule has 0 radical (unpaired) electrons. The molecular formula is C26H21N5O2. The number of nitrogens with zero attached hydrogens (tertiary/aromatic N) is 5. The molecule has 0 unspecified atom stereocenters. The number of hydrogen-bond acceptors (Lipinski definition) is 6. The van der Waals surface area contributed by atoms with Gasteiger partial charge in [-0.15, -0.1) is 0 Å². The molecule has 33 heavy (non-hydrogen) atoms. The molecule has 0 aliphatic carbocycles. The quantitative estimate of drug-likeness (QED) is 0.586. The molecular weight excluding hydrogens is 414 g/mol. The Balaban J connectivity index is 1.48. The summed E-state index contributed by atoms with van der Waals surface area (Å²) in [6, 6.07) is 23.7. The summed E-state index contributed by atoms with van der Waals surface area (Å²) in [7, 11) is 0. The highest BCUT2D eigenvalue weighted by Crippen LogP contribution is 2.35. The average Bonchev–Trinajstić information content (AvgIpc) is 3.15. The lowest BCUT2D eigenvalue weighted by Gasteiger charge is -2.37. The maximum atomic E-state index is 13.6. The van der Waals surface area contributed by atoms with Gasteiger partial charge in [-0.25, -0.2) is 9.88 Å². The second-order valence-corrected chi connectivity index (χ2v) is 7.86. The van der Waals surface area contributed by atoms with Crippen LogP contribution in [0.25, 0.3) is 5.57 Å². The summed E-state index contributed by atoms with van der Waals surface area (Å²) in [6.45, 7) is 2.59. The van der Waals surface area contributed by atoms with Crippen molar-refractivity contribution in [3.8, 4) is 6.07 Å². The number of rotatable bonds is 4. The lowest BCUT2D eigenvalue weighted by molar-refractivity contribution is -0.120. The van der Waals surface area contributed by atoms with Gasteiger partial charge in [-0.05, 0) is 42.0 Å². The van der Waals surface area contributed by atoms with Gasteiger partial charge in [0.25, 0.3) is 11.8 Å². The largest absolute Gasteiger partial charge is 0.363 e. The summed E-state index contributed by atoms with van der Waals surface area (Å²) in [4.78, 5) is 37.0. The van der Waals surface area contributed by atoms with E-state index in [1.807, 2.05) is 53.4 Å². The molecule has 1 fully saturated rings. The molecule has 2 aliphatic heterocycles. The average molecular weight is 435 g/mol. The van der Waals surface area contributed by atoms with Crippen LogP contribution >= 0.6 is 0 Å². The van der Waals surface area contributed by atoms with Gasteiger partial charge in [0.1, 0.15) is 11.5 Å². The fourth-order valence-corrected chi connectivity index (χ4v) is 4.30. The van der Waals surface area contributed by atoms with E-state index in [2.05, 4.69) is 16.0 Å². The van der Waals surface area contributed by atoms with Crippen molar-refractivity contribution in [3.63, 3.8) is 0 Å². The van der Waals surface area contributed by atoms with Crippen molar-refractivity contribution in [1.29, 1.82) is 5.26 Å². The minimum absolute atomic E-state index is 0.338. The zero-order valence-electron chi connectivity index (χ0n) is 17.9. The Morgan fingerprint density at radius 3 is 2.06 bits per heavy atom. The highest BCUT2D eigenvalue weighted by Gasteiger charge is 2.43. The van der Waals surface area contributed by atoms with Crippen molar-refractivity contribution in [3.05, 3.63) is 95.8 Å². The topological polar surface area (TPSA) is 80.5 Å². The van der Waals surface area contributed by atoms with E-state index in [0.717, 1.165) is 5.82 Å². The van der Waals surface area contributed by atoms with Gasteiger partial charge in [0.2, 0.25) is 0 Å². The summed E-state index contributed by atoms with van der Waals surface area (Å²) in [5.41, 5.74) is 2.49. The van der Waals surface area contributed by atoms with Crippen LogP contribution in [0.5, 0.6) is 0 Å². The lowest BCUT2D eigenvalue weighted by Crippen LogP contribution is -2.48. The number of carbonyl (C=O) groups is 2. The number of imide groups is 1. The van der Waals surface area contributed by atoms with E-state index >= 15 is 0 Å². The van der Waals surface area contributed by atoms with E-state index in [-0.39, 0.29) is 11.8 Å². The molecule has 5 rings (SSSR count). The third-order valence-corrected chi connectivity index (χ3v) is 5.95. The number of piperazine rings is 1. The Kier molecular flexibility index (Phi) is 5.33. The van der Waals surface area contributed by atoms with E-state index in [0.29, 0.717) is 54.3 Å². The predicted octanol–water partition coefficient (Wildman–Crippen LogP) is 3.06. The van der Waals surface area contributed by atoms with E-state index < -0.39 is 0 Å². The first-order valence-electron chi connectivity index (χ1n) is 10.8. The standard InChI is InChI=1S/C26H21N5O2/c27-18-19-9-11-21(12-10-19)31-25(32)23(20-6-2-1-3-7-20)24(26(31)33)30-16-14-29(15-17-30)22-8-4-5-13-28-22/h1-13H,14-17H2. The zero-order valence-corrected chi connectivity index (χ0v) is 17.9. The number of pyridine rings is 1. The van der Waals surface area contributed by atoms with Gasteiger partial charge < -0.3 is 9.80 Å². The van der Waals surface area contributed by atoms with Crippen LogP contribution in [-0.4, -0.2) is 47.9 Å². The Hall–Kier alpha value is -4.44. The number of anilines is 2. The number of aromatic nitrogens is 1. The maximum absolute atomic E-state index is 13.6. The van der Waals surface area contributed by atoms with Gasteiger partial charge in [-0.2, -0.15) is 5.26 Å². The Morgan fingerprint density at radius 1 is 0.758 bits per heavy atom. The Morgan fingerprint density at radius 2 is 1.42 bits per heavy atom. The van der Waals surface area contributed by atoms with Gasteiger partial charge in [0.15, 0.2) is 0 Å². The van der Waals surface area contributed by atoms with E-state index in [1.165, 1.54) is 4.90 Å². The predicted molar refractivity (Wildman–Crippen MR) is 125 cm³/mol. The van der Waals surface area contributed by atoms with Crippen LogP contribution in [-0.2, 0) is 9.59 Å². The Labute approximate surface area is 191 Å². The molecule has 1 saturated heterocycles. The van der Waals surface area contributed by atoms with Crippen LogP contribution in [0, 0.1) is 11.3 Å². The maximum Gasteiger partial charge on any atom is 0.282 e. The summed E-state index contributed by atoms with van der Waals surface area (Å²) < 4.78 is 0. The summed E-state index contributed by atoms with van der Waals surface area (Å²) in [5, 5.41) is 9.08. The zero-order chi connectivity index (χ0) is 22.8. The normalized spacial score (nSPS) is 16.4. The third kappa shape index (κ3) is 3.72. The molecule has 0 atom stereocenters. The minimum atomic E-state index is -0.349. The van der Waals surface area contributed by atoms with Gasteiger partial charge >= 0.3 is 0 Å². The number of benzene rings is 2. The van der Waals surface area contributed by atoms with Crippen LogP contribution in [0.4, 0.5) is 11.5 Å². The number of hydrogen-bond donors (Lipinski definition) is 0. The summed E-state index contributed by atoms with van der Waals surface area (Å²) in [6.07, 6.45) is 1.77. The first kappa shape index (κ1) is 20.5. The van der Waals surface area contributed by atoms with Gasteiger partial charge in [-0.3, -0.25) is 9.59 Å². The van der Waals surface area contributed by atoms with Crippen molar-refractivity contribution in [1.82, 2.24) is 9.88 Å². The summed E-state index contributed by atoms with van der Waals surface area (Å²) >= 11 is 0. The van der Waals surface area contributed by atoms with Gasteiger partial charge in [-0.1, -0.05) is 36.4 Å². The fraction of sp³-hybridized carbons (Fsp3) is 0.154. The molecule has 0 bridgehead atoms. The molecule has 3 aromatic rings. The highest BCUT2D eigenvalue weighted by molar-refractivity contribution is 6.45. The van der Waals surface area contributed by atoms with Crippen molar-refractivity contribution in [2.75, 3.05) is 36.0 Å². The van der Waals surface area contributed by atoms with Crippen LogP contribution in [0.3, 0.4) is 0 Å². The van der Waals surface area contributed by atoms with Crippen molar-refractivity contribution >= 4 is 28.9 Å². The molecule has 0 N–H and O–H groups in total. The molecule has 3 heterocycles. The lowest BCUT2D eigenvalue weighted by atomic mass is 10.0. The Bertz CT molecular complexity index is 1260. The number of nitriles is 1. The minimum Gasteiger partial charge on any atom is -0.363 e. The third-order valence-electron chi connectivity index (χ3n) is 5.95.